The summed E-state index contributed by atoms with van der Waals surface area (Å²) in [5, 5.41) is 12.6. The molecule has 0 spiro atoms. The summed E-state index contributed by atoms with van der Waals surface area (Å²) in [6.07, 6.45) is 5.13. The van der Waals surface area contributed by atoms with Crippen molar-refractivity contribution >= 4 is 0 Å². The topological polar surface area (TPSA) is 71.9 Å². The van der Waals surface area contributed by atoms with E-state index in [0.29, 0.717) is 30.5 Å². The van der Waals surface area contributed by atoms with Crippen LogP contribution < -0.4 is 0 Å². The van der Waals surface area contributed by atoms with E-state index in [1.807, 2.05) is 0 Å². The smallest absolute Gasteiger partial charge is 0.227 e. The Balaban J connectivity index is 2.16. The molecule has 1 aromatic rings. The average Bonchev–Trinajstić information content (AvgIpc) is 2.85. The highest BCUT2D eigenvalue weighted by molar-refractivity contribution is 5.04. The molecule has 1 aliphatic rings. The van der Waals surface area contributed by atoms with Gasteiger partial charge < -0.3 is 9.26 Å². The fourth-order valence-corrected chi connectivity index (χ4v) is 2.69. The SMILES string of the molecule is COC1(c2noc(CCC#N)n2)CCCC(C)C1. The Morgan fingerprint density at radius 1 is 1.61 bits per heavy atom. The molecule has 1 heterocycles. The Labute approximate surface area is 107 Å². The van der Waals surface area contributed by atoms with Gasteiger partial charge in [-0.2, -0.15) is 10.2 Å². The molecule has 0 saturated heterocycles. The number of aryl methyl sites for hydroxylation is 1. The van der Waals surface area contributed by atoms with E-state index in [4.69, 9.17) is 14.5 Å². The van der Waals surface area contributed by atoms with Crippen LogP contribution in [0.4, 0.5) is 0 Å². The maximum atomic E-state index is 8.55. The van der Waals surface area contributed by atoms with Crippen molar-refractivity contribution in [3.8, 4) is 6.07 Å². The predicted octanol–water partition coefficient (Wildman–Crippen LogP) is 2.58. The van der Waals surface area contributed by atoms with Gasteiger partial charge in [0.1, 0.15) is 5.60 Å². The first-order valence-corrected chi connectivity index (χ1v) is 6.45. The van der Waals surface area contributed by atoms with Crippen LogP contribution in [-0.2, 0) is 16.8 Å². The average molecular weight is 249 g/mol. The van der Waals surface area contributed by atoms with Gasteiger partial charge in [0.05, 0.1) is 6.07 Å². The first kappa shape index (κ1) is 13.0. The van der Waals surface area contributed by atoms with Crippen LogP contribution in [0.3, 0.4) is 0 Å². The van der Waals surface area contributed by atoms with Crippen LogP contribution in [0.5, 0.6) is 0 Å². The van der Waals surface area contributed by atoms with Gasteiger partial charge in [-0.25, -0.2) is 0 Å². The lowest BCUT2D eigenvalue weighted by Gasteiger charge is -2.36. The molecule has 2 atom stereocenters. The third kappa shape index (κ3) is 2.54. The van der Waals surface area contributed by atoms with Gasteiger partial charge >= 0.3 is 0 Å². The molecule has 98 valence electrons. The molecular weight excluding hydrogens is 230 g/mol. The summed E-state index contributed by atoms with van der Waals surface area (Å²) >= 11 is 0. The molecule has 18 heavy (non-hydrogen) atoms. The zero-order chi connectivity index (χ0) is 13.0. The molecule has 0 amide bonds. The quantitative estimate of drug-likeness (QED) is 0.820. The Morgan fingerprint density at radius 3 is 3.11 bits per heavy atom. The van der Waals surface area contributed by atoms with Crippen molar-refractivity contribution in [1.29, 1.82) is 5.26 Å². The summed E-state index contributed by atoms with van der Waals surface area (Å²) < 4.78 is 10.9. The minimum atomic E-state index is -0.397. The molecule has 1 aromatic heterocycles. The van der Waals surface area contributed by atoms with Crippen molar-refractivity contribution in [2.45, 2.75) is 51.0 Å². The molecule has 2 rings (SSSR count). The van der Waals surface area contributed by atoms with E-state index in [1.54, 1.807) is 7.11 Å². The first-order valence-electron chi connectivity index (χ1n) is 6.45. The van der Waals surface area contributed by atoms with Crippen molar-refractivity contribution in [3.05, 3.63) is 11.7 Å². The van der Waals surface area contributed by atoms with Gasteiger partial charge in [0.15, 0.2) is 0 Å². The van der Waals surface area contributed by atoms with E-state index < -0.39 is 5.60 Å². The predicted molar refractivity (Wildman–Crippen MR) is 64.6 cm³/mol. The summed E-state index contributed by atoms with van der Waals surface area (Å²) in [4.78, 5) is 4.39. The zero-order valence-electron chi connectivity index (χ0n) is 11.0. The maximum absolute atomic E-state index is 8.55. The lowest BCUT2D eigenvalue weighted by molar-refractivity contribution is -0.0658. The molecule has 0 aromatic carbocycles. The molecule has 1 saturated carbocycles. The Kier molecular flexibility index (Phi) is 3.97. The van der Waals surface area contributed by atoms with Crippen molar-refractivity contribution in [2.24, 2.45) is 5.92 Å². The molecule has 1 aliphatic carbocycles. The fraction of sp³-hybridized carbons (Fsp3) is 0.769. The monoisotopic (exact) mass is 249 g/mol. The van der Waals surface area contributed by atoms with Crippen molar-refractivity contribution < 1.29 is 9.26 Å². The van der Waals surface area contributed by atoms with Crippen LogP contribution in [0.2, 0.25) is 0 Å². The van der Waals surface area contributed by atoms with E-state index in [0.717, 1.165) is 19.3 Å². The second-order valence-electron chi connectivity index (χ2n) is 5.07. The van der Waals surface area contributed by atoms with Crippen LogP contribution in [0.1, 0.15) is 50.7 Å². The van der Waals surface area contributed by atoms with Gasteiger partial charge in [-0.05, 0) is 25.2 Å². The number of methoxy groups -OCH3 is 1. The standard InChI is InChI=1S/C13H19N3O2/c1-10-5-3-7-13(9-10,17-2)12-15-11(18-16-12)6-4-8-14/h10H,3-7,9H2,1-2H3. The largest absolute Gasteiger partial charge is 0.370 e. The third-order valence-corrected chi connectivity index (χ3v) is 3.67. The highest BCUT2D eigenvalue weighted by Gasteiger charge is 2.40. The number of nitriles is 1. The molecule has 0 bridgehead atoms. The number of hydrogen-bond donors (Lipinski definition) is 0. The number of rotatable bonds is 4. The van der Waals surface area contributed by atoms with E-state index in [9.17, 15) is 0 Å². The van der Waals surface area contributed by atoms with Crippen LogP contribution in [-0.4, -0.2) is 17.3 Å². The van der Waals surface area contributed by atoms with E-state index in [2.05, 4.69) is 23.1 Å². The van der Waals surface area contributed by atoms with Gasteiger partial charge in [-0.15, -0.1) is 0 Å². The second kappa shape index (κ2) is 5.49. The van der Waals surface area contributed by atoms with Gasteiger partial charge in [-0.1, -0.05) is 18.5 Å². The van der Waals surface area contributed by atoms with Crippen molar-refractivity contribution in [1.82, 2.24) is 10.1 Å². The summed E-state index contributed by atoms with van der Waals surface area (Å²) in [7, 11) is 1.71. The lowest BCUT2D eigenvalue weighted by Crippen LogP contribution is -2.35. The first-order chi connectivity index (χ1) is 8.70. The summed E-state index contributed by atoms with van der Waals surface area (Å²) in [6.45, 7) is 2.23. The summed E-state index contributed by atoms with van der Waals surface area (Å²) in [6, 6.07) is 2.08. The summed E-state index contributed by atoms with van der Waals surface area (Å²) in [5.41, 5.74) is -0.397. The summed E-state index contributed by atoms with van der Waals surface area (Å²) in [5.74, 6) is 1.78. The molecule has 2 unspecified atom stereocenters. The third-order valence-electron chi connectivity index (χ3n) is 3.67. The maximum Gasteiger partial charge on any atom is 0.227 e. The van der Waals surface area contributed by atoms with E-state index in [1.165, 1.54) is 6.42 Å². The number of nitrogens with zero attached hydrogens (tertiary/aromatic N) is 3. The van der Waals surface area contributed by atoms with Crippen LogP contribution in [0.15, 0.2) is 4.52 Å². The highest BCUT2D eigenvalue weighted by Crippen LogP contribution is 2.41. The minimum Gasteiger partial charge on any atom is -0.370 e. The zero-order valence-corrected chi connectivity index (χ0v) is 11.0. The molecule has 0 radical (unpaired) electrons. The van der Waals surface area contributed by atoms with Crippen LogP contribution in [0.25, 0.3) is 0 Å². The normalized spacial score (nSPS) is 27.9. The van der Waals surface area contributed by atoms with E-state index >= 15 is 0 Å². The number of ether oxygens (including phenoxy) is 1. The van der Waals surface area contributed by atoms with Crippen LogP contribution in [0, 0.1) is 17.2 Å². The lowest BCUT2D eigenvalue weighted by atomic mass is 9.78. The number of aromatic nitrogens is 2. The van der Waals surface area contributed by atoms with Crippen molar-refractivity contribution in [2.75, 3.05) is 7.11 Å². The Hall–Kier alpha value is -1.41. The molecule has 5 nitrogen and oxygen atoms in total. The van der Waals surface area contributed by atoms with Crippen molar-refractivity contribution in [3.63, 3.8) is 0 Å². The van der Waals surface area contributed by atoms with Gasteiger partial charge in [-0.3, -0.25) is 0 Å². The number of hydrogen-bond acceptors (Lipinski definition) is 5. The molecule has 1 fully saturated rings. The molecule has 0 aliphatic heterocycles. The van der Waals surface area contributed by atoms with Gasteiger partial charge in [0, 0.05) is 20.0 Å². The van der Waals surface area contributed by atoms with E-state index in [-0.39, 0.29) is 0 Å². The van der Waals surface area contributed by atoms with Gasteiger partial charge in [0.2, 0.25) is 11.7 Å². The minimum absolute atomic E-state index is 0.397. The van der Waals surface area contributed by atoms with Crippen LogP contribution >= 0.6 is 0 Å². The molecule has 5 heteroatoms. The molecular formula is C13H19N3O2. The Bertz CT molecular complexity index is 438. The fourth-order valence-electron chi connectivity index (χ4n) is 2.69. The molecule has 0 N–H and O–H groups in total. The second-order valence-corrected chi connectivity index (χ2v) is 5.07. The highest BCUT2D eigenvalue weighted by atomic mass is 16.5. The Morgan fingerprint density at radius 2 is 2.44 bits per heavy atom. The van der Waals surface area contributed by atoms with Gasteiger partial charge in [0.25, 0.3) is 0 Å².